The smallest absolute Gasteiger partial charge is 0.118 e. The Morgan fingerprint density at radius 1 is 0.950 bits per heavy atom. The molecule has 20 heavy (non-hydrogen) atoms. The second kappa shape index (κ2) is 5.68. The fourth-order valence-corrected chi connectivity index (χ4v) is 2.67. The summed E-state index contributed by atoms with van der Waals surface area (Å²) in [7, 11) is 1.64. The van der Waals surface area contributed by atoms with Crippen LogP contribution in [0, 0.1) is 0 Å². The monoisotopic (exact) mass is 268 g/mol. The molecule has 0 bridgehead atoms. The summed E-state index contributed by atoms with van der Waals surface area (Å²) >= 11 is 0. The predicted molar refractivity (Wildman–Crippen MR) is 80.1 cm³/mol. The van der Waals surface area contributed by atoms with Gasteiger partial charge in [0.15, 0.2) is 0 Å². The highest BCUT2D eigenvalue weighted by Gasteiger charge is 2.19. The van der Waals surface area contributed by atoms with Crippen molar-refractivity contribution in [3.8, 4) is 5.75 Å². The van der Waals surface area contributed by atoms with Crippen LogP contribution in [-0.4, -0.2) is 12.2 Å². The first-order chi connectivity index (χ1) is 9.78. The van der Waals surface area contributed by atoms with Gasteiger partial charge in [-0.25, -0.2) is 0 Å². The zero-order chi connectivity index (χ0) is 13.9. The van der Waals surface area contributed by atoms with Crippen LogP contribution >= 0.6 is 0 Å². The molecule has 0 spiro atoms. The van der Waals surface area contributed by atoms with Crippen LogP contribution in [0.25, 0.3) is 0 Å². The molecule has 0 amide bonds. The van der Waals surface area contributed by atoms with Gasteiger partial charge in [0.05, 0.1) is 7.11 Å². The van der Waals surface area contributed by atoms with E-state index < -0.39 is 6.10 Å². The highest BCUT2D eigenvalue weighted by molar-refractivity contribution is 5.36. The van der Waals surface area contributed by atoms with E-state index in [0.29, 0.717) is 0 Å². The first-order valence-corrected chi connectivity index (χ1v) is 7.20. The fourth-order valence-electron chi connectivity index (χ4n) is 2.67. The number of methoxy groups -OCH3 is 1. The Labute approximate surface area is 120 Å². The van der Waals surface area contributed by atoms with Gasteiger partial charge < -0.3 is 9.84 Å². The SMILES string of the molecule is COc1ccc(C(O)c2ccc(C3CCC3)cc2)cc1. The van der Waals surface area contributed by atoms with Gasteiger partial charge in [0.25, 0.3) is 0 Å². The van der Waals surface area contributed by atoms with Gasteiger partial charge in [-0.2, -0.15) is 0 Å². The van der Waals surface area contributed by atoms with Crippen LogP contribution in [0.4, 0.5) is 0 Å². The highest BCUT2D eigenvalue weighted by Crippen LogP contribution is 2.36. The third-order valence-corrected chi connectivity index (χ3v) is 4.26. The Hall–Kier alpha value is -1.80. The van der Waals surface area contributed by atoms with Crippen molar-refractivity contribution in [2.24, 2.45) is 0 Å². The van der Waals surface area contributed by atoms with E-state index in [9.17, 15) is 5.11 Å². The predicted octanol–water partition coefficient (Wildman–Crippen LogP) is 4.04. The maximum atomic E-state index is 10.4. The fraction of sp³-hybridized carbons (Fsp3) is 0.333. The van der Waals surface area contributed by atoms with Gasteiger partial charge in [0.2, 0.25) is 0 Å². The van der Waals surface area contributed by atoms with Crippen molar-refractivity contribution in [3.63, 3.8) is 0 Å². The van der Waals surface area contributed by atoms with Crippen LogP contribution in [-0.2, 0) is 0 Å². The normalized spacial score (nSPS) is 16.5. The average molecular weight is 268 g/mol. The molecule has 0 radical (unpaired) electrons. The van der Waals surface area contributed by atoms with Crippen LogP contribution < -0.4 is 4.74 Å². The molecule has 0 aromatic heterocycles. The quantitative estimate of drug-likeness (QED) is 0.906. The number of benzene rings is 2. The number of hydrogen-bond donors (Lipinski definition) is 1. The van der Waals surface area contributed by atoms with Crippen molar-refractivity contribution in [2.75, 3.05) is 7.11 Å². The Balaban J connectivity index is 1.76. The van der Waals surface area contributed by atoms with E-state index in [0.717, 1.165) is 22.8 Å². The van der Waals surface area contributed by atoms with Gasteiger partial charge in [-0.3, -0.25) is 0 Å². The molecule has 2 nitrogen and oxygen atoms in total. The van der Waals surface area contributed by atoms with E-state index in [1.54, 1.807) is 7.11 Å². The lowest BCUT2D eigenvalue weighted by atomic mass is 9.80. The van der Waals surface area contributed by atoms with E-state index in [2.05, 4.69) is 12.1 Å². The van der Waals surface area contributed by atoms with E-state index in [-0.39, 0.29) is 0 Å². The first-order valence-electron chi connectivity index (χ1n) is 7.20. The van der Waals surface area contributed by atoms with Gasteiger partial charge in [-0.05, 0) is 47.6 Å². The molecule has 0 heterocycles. The number of rotatable bonds is 4. The topological polar surface area (TPSA) is 29.5 Å². The van der Waals surface area contributed by atoms with Crippen LogP contribution in [0.1, 0.15) is 48.0 Å². The molecular formula is C18H20O2. The Bertz CT molecular complexity index is 553. The van der Waals surface area contributed by atoms with Crippen molar-refractivity contribution >= 4 is 0 Å². The van der Waals surface area contributed by atoms with Crippen LogP contribution in [0.3, 0.4) is 0 Å². The number of aliphatic hydroxyl groups excluding tert-OH is 1. The Kier molecular flexibility index (Phi) is 3.75. The molecule has 1 saturated carbocycles. The number of hydrogen-bond acceptors (Lipinski definition) is 2. The van der Waals surface area contributed by atoms with Crippen molar-refractivity contribution in [2.45, 2.75) is 31.3 Å². The minimum atomic E-state index is -0.573. The lowest BCUT2D eigenvalue weighted by Crippen LogP contribution is -2.09. The number of aliphatic hydroxyl groups is 1. The molecule has 0 aliphatic heterocycles. The van der Waals surface area contributed by atoms with E-state index in [4.69, 9.17) is 4.74 Å². The third-order valence-electron chi connectivity index (χ3n) is 4.26. The summed E-state index contributed by atoms with van der Waals surface area (Å²) in [5.41, 5.74) is 3.24. The molecule has 3 rings (SSSR count). The summed E-state index contributed by atoms with van der Waals surface area (Å²) in [4.78, 5) is 0. The first kappa shape index (κ1) is 13.2. The summed E-state index contributed by atoms with van der Waals surface area (Å²) in [6.45, 7) is 0. The maximum Gasteiger partial charge on any atom is 0.118 e. The molecule has 104 valence electrons. The van der Waals surface area contributed by atoms with E-state index in [1.165, 1.54) is 24.8 Å². The average Bonchev–Trinajstić information content (AvgIpc) is 2.46. The maximum absolute atomic E-state index is 10.4. The van der Waals surface area contributed by atoms with Crippen LogP contribution in [0.5, 0.6) is 5.75 Å². The van der Waals surface area contributed by atoms with Gasteiger partial charge >= 0.3 is 0 Å². The molecule has 1 aliphatic carbocycles. The summed E-state index contributed by atoms with van der Waals surface area (Å²) < 4.78 is 5.13. The molecule has 2 aromatic rings. The molecule has 1 N–H and O–H groups in total. The molecule has 0 saturated heterocycles. The summed E-state index contributed by atoms with van der Waals surface area (Å²) in [6.07, 6.45) is 3.39. The van der Waals surface area contributed by atoms with E-state index >= 15 is 0 Å². The summed E-state index contributed by atoms with van der Waals surface area (Å²) in [5, 5.41) is 10.4. The Morgan fingerprint density at radius 2 is 1.50 bits per heavy atom. The second-order valence-corrected chi connectivity index (χ2v) is 5.47. The lowest BCUT2D eigenvalue weighted by molar-refractivity contribution is 0.220. The van der Waals surface area contributed by atoms with Gasteiger partial charge in [0, 0.05) is 0 Å². The molecule has 1 unspecified atom stereocenters. The van der Waals surface area contributed by atoms with Crippen LogP contribution in [0.2, 0.25) is 0 Å². The minimum absolute atomic E-state index is 0.573. The van der Waals surface area contributed by atoms with Crippen molar-refractivity contribution < 1.29 is 9.84 Å². The summed E-state index contributed by atoms with van der Waals surface area (Å²) in [5.74, 6) is 1.54. The molecule has 2 aromatic carbocycles. The van der Waals surface area contributed by atoms with Gasteiger partial charge in [-0.15, -0.1) is 0 Å². The van der Waals surface area contributed by atoms with Crippen molar-refractivity contribution in [3.05, 3.63) is 65.2 Å². The molecule has 1 atom stereocenters. The second-order valence-electron chi connectivity index (χ2n) is 5.47. The zero-order valence-electron chi connectivity index (χ0n) is 11.8. The van der Waals surface area contributed by atoms with Gasteiger partial charge in [-0.1, -0.05) is 42.8 Å². The molecule has 1 aliphatic rings. The highest BCUT2D eigenvalue weighted by atomic mass is 16.5. The molecule has 2 heteroatoms. The standard InChI is InChI=1S/C18H20O2/c1-20-17-11-9-16(10-12-17)18(19)15-7-5-14(6-8-15)13-3-2-4-13/h5-13,18-19H,2-4H2,1H3. The summed E-state index contributed by atoms with van der Waals surface area (Å²) in [6, 6.07) is 16.0. The number of ether oxygens (including phenoxy) is 1. The van der Waals surface area contributed by atoms with Crippen LogP contribution in [0.15, 0.2) is 48.5 Å². The van der Waals surface area contributed by atoms with Crippen molar-refractivity contribution in [1.29, 1.82) is 0 Å². The minimum Gasteiger partial charge on any atom is -0.497 e. The molecule has 1 fully saturated rings. The largest absolute Gasteiger partial charge is 0.497 e. The third kappa shape index (κ3) is 2.56. The Morgan fingerprint density at radius 3 is 1.95 bits per heavy atom. The lowest BCUT2D eigenvalue weighted by Gasteiger charge is -2.26. The van der Waals surface area contributed by atoms with Crippen molar-refractivity contribution in [1.82, 2.24) is 0 Å². The van der Waals surface area contributed by atoms with E-state index in [1.807, 2.05) is 36.4 Å². The van der Waals surface area contributed by atoms with Gasteiger partial charge in [0.1, 0.15) is 11.9 Å². The zero-order valence-corrected chi connectivity index (χ0v) is 11.8. The molecular weight excluding hydrogens is 248 g/mol.